The summed E-state index contributed by atoms with van der Waals surface area (Å²) in [4.78, 5) is 11.7. The lowest BCUT2D eigenvalue weighted by molar-refractivity contribution is 0.244. The summed E-state index contributed by atoms with van der Waals surface area (Å²) in [6, 6.07) is 14.6. The van der Waals surface area contributed by atoms with Gasteiger partial charge in [-0.1, -0.05) is 35.9 Å². The zero-order valence-corrected chi connectivity index (χ0v) is 12.9. The van der Waals surface area contributed by atoms with Crippen LogP contribution >= 0.6 is 11.6 Å². The molecule has 5 heteroatoms. The summed E-state index contributed by atoms with van der Waals surface area (Å²) in [6.07, 6.45) is 3.38. The van der Waals surface area contributed by atoms with Gasteiger partial charge in [0.2, 0.25) is 0 Å². The van der Waals surface area contributed by atoms with Crippen LogP contribution in [0.3, 0.4) is 0 Å². The highest BCUT2D eigenvalue weighted by Crippen LogP contribution is 2.12. The molecule has 2 rings (SSSR count). The number of rotatable bonds is 5. The van der Waals surface area contributed by atoms with Gasteiger partial charge in [0, 0.05) is 17.8 Å². The van der Waals surface area contributed by atoms with Crippen molar-refractivity contribution >= 4 is 23.7 Å². The number of urea groups is 1. The van der Waals surface area contributed by atoms with Crippen LogP contribution in [-0.4, -0.2) is 13.1 Å². The molecule has 0 saturated heterocycles. The van der Waals surface area contributed by atoms with Crippen molar-refractivity contribution in [2.45, 2.75) is 6.54 Å². The first kappa shape index (κ1) is 15.9. The number of carbonyl (C=O) groups is 1. The third-order valence-corrected chi connectivity index (χ3v) is 3.20. The molecule has 0 aliphatic heterocycles. The van der Waals surface area contributed by atoms with E-state index in [2.05, 4.69) is 10.6 Å². The second-order valence-corrected chi connectivity index (χ2v) is 5.00. The van der Waals surface area contributed by atoms with Crippen molar-refractivity contribution in [3.05, 3.63) is 70.9 Å². The molecule has 0 radical (unpaired) electrons. The number of nitrogens with one attached hydrogen (secondary N) is 2. The molecule has 0 aliphatic rings. The summed E-state index contributed by atoms with van der Waals surface area (Å²) >= 11 is 5.80. The minimum atomic E-state index is -0.270. The van der Waals surface area contributed by atoms with Crippen LogP contribution in [0.2, 0.25) is 5.02 Å². The van der Waals surface area contributed by atoms with Crippen molar-refractivity contribution in [1.29, 1.82) is 0 Å². The van der Waals surface area contributed by atoms with E-state index >= 15 is 0 Å². The van der Waals surface area contributed by atoms with Crippen LogP contribution in [0.4, 0.5) is 4.79 Å². The van der Waals surface area contributed by atoms with E-state index in [9.17, 15) is 4.79 Å². The molecule has 0 heterocycles. The van der Waals surface area contributed by atoms with Crippen molar-refractivity contribution in [1.82, 2.24) is 10.6 Å². The van der Waals surface area contributed by atoms with E-state index in [1.54, 1.807) is 31.5 Å². The lowest BCUT2D eigenvalue weighted by Gasteiger charge is -2.06. The van der Waals surface area contributed by atoms with Gasteiger partial charge in [-0.25, -0.2) is 4.79 Å². The van der Waals surface area contributed by atoms with Crippen LogP contribution in [-0.2, 0) is 6.54 Å². The molecule has 0 aromatic heterocycles. The number of halogens is 1. The number of carbonyl (C=O) groups excluding carboxylic acids is 1. The fourth-order valence-electron chi connectivity index (χ4n) is 1.80. The average molecular weight is 317 g/mol. The van der Waals surface area contributed by atoms with Gasteiger partial charge >= 0.3 is 6.03 Å². The van der Waals surface area contributed by atoms with Gasteiger partial charge in [0.05, 0.1) is 7.11 Å². The molecule has 2 aromatic carbocycles. The van der Waals surface area contributed by atoms with E-state index in [1.165, 1.54) is 0 Å². The maximum absolute atomic E-state index is 11.7. The number of methoxy groups -OCH3 is 1. The van der Waals surface area contributed by atoms with Crippen molar-refractivity contribution in [2.75, 3.05) is 7.11 Å². The monoisotopic (exact) mass is 316 g/mol. The van der Waals surface area contributed by atoms with E-state index < -0.39 is 0 Å². The highest BCUT2D eigenvalue weighted by molar-refractivity contribution is 6.30. The van der Waals surface area contributed by atoms with E-state index in [1.807, 2.05) is 36.4 Å². The Morgan fingerprint density at radius 2 is 2.00 bits per heavy atom. The summed E-state index contributed by atoms with van der Waals surface area (Å²) in [5.74, 6) is 0.766. The van der Waals surface area contributed by atoms with Gasteiger partial charge in [0.1, 0.15) is 5.75 Å². The van der Waals surface area contributed by atoms with E-state index in [0.717, 1.165) is 16.9 Å². The first-order chi connectivity index (χ1) is 10.7. The molecule has 22 heavy (non-hydrogen) atoms. The molecule has 2 aromatic rings. The van der Waals surface area contributed by atoms with Gasteiger partial charge in [0.25, 0.3) is 0 Å². The topological polar surface area (TPSA) is 50.4 Å². The molecule has 0 saturated carbocycles. The smallest absolute Gasteiger partial charge is 0.319 e. The first-order valence-corrected chi connectivity index (χ1v) is 7.14. The van der Waals surface area contributed by atoms with Gasteiger partial charge < -0.3 is 15.4 Å². The third kappa shape index (κ3) is 5.14. The number of ether oxygens (including phenoxy) is 1. The lowest BCUT2D eigenvalue weighted by atomic mass is 10.2. The number of amides is 2. The Morgan fingerprint density at radius 1 is 1.23 bits per heavy atom. The van der Waals surface area contributed by atoms with Gasteiger partial charge in [-0.05, 0) is 41.5 Å². The summed E-state index contributed by atoms with van der Waals surface area (Å²) in [6.45, 7) is 0.428. The average Bonchev–Trinajstić information content (AvgIpc) is 2.55. The highest BCUT2D eigenvalue weighted by atomic mass is 35.5. The predicted molar refractivity (Wildman–Crippen MR) is 88.9 cm³/mol. The normalized spacial score (nSPS) is 10.5. The molecule has 114 valence electrons. The van der Waals surface area contributed by atoms with E-state index in [0.29, 0.717) is 11.6 Å². The van der Waals surface area contributed by atoms with E-state index in [-0.39, 0.29) is 6.03 Å². The van der Waals surface area contributed by atoms with Gasteiger partial charge in [-0.15, -0.1) is 0 Å². The second kappa shape index (κ2) is 8.10. The van der Waals surface area contributed by atoms with Gasteiger partial charge in [0.15, 0.2) is 0 Å². The molecular weight excluding hydrogens is 300 g/mol. The molecule has 0 aliphatic carbocycles. The van der Waals surface area contributed by atoms with Crippen molar-refractivity contribution in [3.8, 4) is 5.75 Å². The summed E-state index contributed by atoms with van der Waals surface area (Å²) in [5, 5.41) is 6.10. The molecule has 0 spiro atoms. The number of benzene rings is 2. The summed E-state index contributed by atoms with van der Waals surface area (Å²) < 4.78 is 5.14. The molecule has 2 amide bonds. The van der Waals surface area contributed by atoms with Crippen molar-refractivity contribution in [2.24, 2.45) is 0 Å². The van der Waals surface area contributed by atoms with Crippen LogP contribution < -0.4 is 15.4 Å². The Balaban J connectivity index is 1.79. The molecular formula is C17H17ClN2O2. The van der Waals surface area contributed by atoms with Gasteiger partial charge in [-0.2, -0.15) is 0 Å². The molecule has 0 fully saturated rings. The maximum Gasteiger partial charge on any atom is 0.319 e. The van der Waals surface area contributed by atoms with Crippen LogP contribution in [0, 0.1) is 0 Å². The number of hydrogen-bond acceptors (Lipinski definition) is 2. The van der Waals surface area contributed by atoms with Crippen LogP contribution in [0.25, 0.3) is 6.08 Å². The SMILES string of the molecule is COc1cccc(CNC(=O)N/C=C/c2ccc(Cl)cc2)c1. The lowest BCUT2D eigenvalue weighted by Crippen LogP contribution is -2.31. The highest BCUT2D eigenvalue weighted by Gasteiger charge is 1.99. The van der Waals surface area contributed by atoms with Crippen LogP contribution in [0.1, 0.15) is 11.1 Å². The molecule has 2 N–H and O–H groups in total. The Labute approximate surface area is 134 Å². The quantitative estimate of drug-likeness (QED) is 0.881. The fourth-order valence-corrected chi connectivity index (χ4v) is 1.93. The van der Waals surface area contributed by atoms with Gasteiger partial charge in [-0.3, -0.25) is 0 Å². The Kier molecular flexibility index (Phi) is 5.86. The fraction of sp³-hybridized carbons (Fsp3) is 0.118. The van der Waals surface area contributed by atoms with Crippen LogP contribution in [0.15, 0.2) is 54.7 Å². The minimum absolute atomic E-state index is 0.270. The summed E-state index contributed by atoms with van der Waals surface area (Å²) in [5.41, 5.74) is 1.92. The number of hydrogen-bond donors (Lipinski definition) is 2. The Morgan fingerprint density at radius 3 is 2.73 bits per heavy atom. The third-order valence-electron chi connectivity index (χ3n) is 2.95. The Hall–Kier alpha value is -2.46. The minimum Gasteiger partial charge on any atom is -0.497 e. The standard InChI is InChI=1S/C17H17ClN2O2/c1-22-16-4-2-3-14(11-16)12-20-17(21)19-10-9-13-5-7-15(18)8-6-13/h2-11H,12H2,1H3,(H2,19,20,21)/b10-9+. The Bertz CT molecular complexity index is 654. The molecule has 0 bridgehead atoms. The predicted octanol–water partition coefficient (Wildman–Crippen LogP) is 3.82. The van der Waals surface area contributed by atoms with Crippen molar-refractivity contribution in [3.63, 3.8) is 0 Å². The van der Waals surface area contributed by atoms with Crippen molar-refractivity contribution < 1.29 is 9.53 Å². The zero-order chi connectivity index (χ0) is 15.8. The maximum atomic E-state index is 11.7. The first-order valence-electron chi connectivity index (χ1n) is 6.77. The second-order valence-electron chi connectivity index (χ2n) is 4.56. The molecule has 0 unspecified atom stereocenters. The zero-order valence-electron chi connectivity index (χ0n) is 12.2. The molecule has 0 atom stereocenters. The summed E-state index contributed by atoms with van der Waals surface area (Å²) in [7, 11) is 1.61. The largest absolute Gasteiger partial charge is 0.497 e. The van der Waals surface area contributed by atoms with E-state index in [4.69, 9.17) is 16.3 Å². The van der Waals surface area contributed by atoms with Crippen LogP contribution in [0.5, 0.6) is 5.75 Å². The molecule has 4 nitrogen and oxygen atoms in total.